The van der Waals surface area contributed by atoms with Gasteiger partial charge in [-0.1, -0.05) is 44.7 Å². The summed E-state index contributed by atoms with van der Waals surface area (Å²) in [6, 6.07) is 7.68. The fourth-order valence-electron chi connectivity index (χ4n) is 2.49. The molecule has 0 atom stereocenters. The van der Waals surface area contributed by atoms with Gasteiger partial charge in [0.15, 0.2) is 0 Å². The Kier molecular flexibility index (Phi) is 10.6. The monoisotopic (exact) mass is 334 g/mol. The van der Waals surface area contributed by atoms with Crippen molar-refractivity contribution in [2.75, 3.05) is 6.61 Å². The highest BCUT2D eigenvalue weighted by atomic mass is 16.5. The average Bonchev–Trinajstić information content (AvgIpc) is 2.57. The second-order valence-corrected chi connectivity index (χ2v) is 5.90. The van der Waals surface area contributed by atoms with Crippen LogP contribution in [-0.2, 0) is 20.7 Å². The van der Waals surface area contributed by atoms with E-state index in [0.29, 0.717) is 25.2 Å². The van der Waals surface area contributed by atoms with Gasteiger partial charge in [0.05, 0.1) is 6.61 Å². The molecule has 0 aliphatic rings. The molecule has 0 aliphatic carbocycles. The molecule has 0 amide bonds. The maximum atomic E-state index is 11.8. The van der Waals surface area contributed by atoms with Gasteiger partial charge in [0.25, 0.3) is 0 Å². The van der Waals surface area contributed by atoms with Crippen molar-refractivity contribution in [2.45, 2.75) is 71.6 Å². The molecule has 0 bridgehead atoms. The molecule has 0 saturated carbocycles. The van der Waals surface area contributed by atoms with Crippen molar-refractivity contribution in [1.29, 1.82) is 0 Å². The molecular weight excluding hydrogens is 304 g/mol. The second kappa shape index (κ2) is 12.6. The van der Waals surface area contributed by atoms with Gasteiger partial charge in [-0.3, -0.25) is 9.59 Å². The second-order valence-electron chi connectivity index (χ2n) is 5.90. The first kappa shape index (κ1) is 20.2. The molecule has 134 valence electrons. The van der Waals surface area contributed by atoms with E-state index < -0.39 is 0 Å². The first-order valence-electron chi connectivity index (χ1n) is 9.11. The molecule has 0 unspecified atom stereocenters. The first-order valence-corrected chi connectivity index (χ1v) is 9.11. The number of rotatable bonds is 12. The van der Waals surface area contributed by atoms with Gasteiger partial charge in [-0.25, -0.2) is 0 Å². The fourth-order valence-corrected chi connectivity index (χ4v) is 2.49. The van der Waals surface area contributed by atoms with E-state index in [0.717, 1.165) is 44.9 Å². The Balaban J connectivity index is 2.02. The molecule has 24 heavy (non-hydrogen) atoms. The molecule has 0 saturated heterocycles. The van der Waals surface area contributed by atoms with Crippen molar-refractivity contribution in [3.8, 4) is 5.75 Å². The summed E-state index contributed by atoms with van der Waals surface area (Å²) in [5, 5.41) is 0. The van der Waals surface area contributed by atoms with Gasteiger partial charge in [0.2, 0.25) is 0 Å². The molecule has 0 N–H and O–H groups in total. The number of hydrogen-bond acceptors (Lipinski definition) is 4. The quantitative estimate of drug-likeness (QED) is 0.312. The van der Waals surface area contributed by atoms with Crippen LogP contribution in [0, 0.1) is 0 Å². The smallest absolute Gasteiger partial charge is 0.311 e. The van der Waals surface area contributed by atoms with Crippen molar-refractivity contribution in [3.05, 3.63) is 29.8 Å². The van der Waals surface area contributed by atoms with Crippen LogP contribution in [0.2, 0.25) is 0 Å². The summed E-state index contributed by atoms with van der Waals surface area (Å²) < 4.78 is 10.2. The zero-order valence-corrected chi connectivity index (χ0v) is 15.0. The van der Waals surface area contributed by atoms with Crippen LogP contribution in [0.3, 0.4) is 0 Å². The van der Waals surface area contributed by atoms with Crippen LogP contribution in [0.5, 0.6) is 5.75 Å². The largest absolute Gasteiger partial charge is 0.466 e. The highest BCUT2D eigenvalue weighted by molar-refractivity contribution is 5.72. The number of carbonyl (C=O) groups is 2. The minimum absolute atomic E-state index is 0.104. The lowest BCUT2D eigenvalue weighted by molar-refractivity contribution is -0.143. The van der Waals surface area contributed by atoms with Gasteiger partial charge >= 0.3 is 11.9 Å². The molecule has 0 aliphatic heterocycles. The highest BCUT2D eigenvalue weighted by Gasteiger charge is 2.05. The molecule has 4 nitrogen and oxygen atoms in total. The zero-order valence-electron chi connectivity index (χ0n) is 15.0. The van der Waals surface area contributed by atoms with Crippen LogP contribution in [0.25, 0.3) is 0 Å². The molecule has 1 aromatic rings. The lowest BCUT2D eigenvalue weighted by Crippen LogP contribution is -2.07. The van der Waals surface area contributed by atoms with Crippen molar-refractivity contribution < 1.29 is 19.1 Å². The maximum absolute atomic E-state index is 11.8. The fraction of sp³-hybridized carbons (Fsp3) is 0.600. The van der Waals surface area contributed by atoms with Crippen LogP contribution < -0.4 is 4.74 Å². The molecule has 0 fully saturated rings. The topological polar surface area (TPSA) is 52.6 Å². The number of benzene rings is 1. The van der Waals surface area contributed by atoms with Gasteiger partial charge in [0, 0.05) is 12.8 Å². The predicted octanol–water partition coefficient (Wildman–Crippen LogP) is 4.84. The van der Waals surface area contributed by atoms with Crippen molar-refractivity contribution in [1.82, 2.24) is 0 Å². The van der Waals surface area contributed by atoms with E-state index in [2.05, 4.69) is 6.92 Å². The number of aryl methyl sites for hydroxylation is 1. The van der Waals surface area contributed by atoms with Gasteiger partial charge < -0.3 is 9.47 Å². The zero-order chi connectivity index (χ0) is 17.6. The SMILES string of the molecule is CCOC(=O)CCCCCCCCC(=O)Oc1cccc(CC)c1. The summed E-state index contributed by atoms with van der Waals surface area (Å²) in [5.41, 5.74) is 1.17. The third kappa shape index (κ3) is 9.33. The number of ether oxygens (including phenoxy) is 2. The van der Waals surface area contributed by atoms with E-state index in [-0.39, 0.29) is 11.9 Å². The van der Waals surface area contributed by atoms with Crippen LogP contribution in [0.15, 0.2) is 24.3 Å². The highest BCUT2D eigenvalue weighted by Crippen LogP contribution is 2.15. The molecule has 0 spiro atoms. The Labute approximate surface area is 145 Å². The first-order chi connectivity index (χ1) is 11.7. The maximum Gasteiger partial charge on any atom is 0.311 e. The molecule has 0 aromatic heterocycles. The minimum atomic E-state index is -0.162. The summed E-state index contributed by atoms with van der Waals surface area (Å²) in [6.45, 7) is 4.36. The van der Waals surface area contributed by atoms with Crippen molar-refractivity contribution >= 4 is 11.9 Å². The third-order valence-corrected chi connectivity index (χ3v) is 3.86. The van der Waals surface area contributed by atoms with Crippen LogP contribution in [-0.4, -0.2) is 18.5 Å². The Hall–Kier alpha value is -1.84. The Morgan fingerprint density at radius 2 is 1.50 bits per heavy atom. The Morgan fingerprint density at radius 1 is 0.875 bits per heavy atom. The number of hydrogen-bond donors (Lipinski definition) is 0. The van der Waals surface area contributed by atoms with E-state index in [1.165, 1.54) is 5.56 Å². The Bertz CT molecular complexity index is 496. The number of esters is 2. The van der Waals surface area contributed by atoms with Gasteiger partial charge in [0.1, 0.15) is 5.75 Å². The van der Waals surface area contributed by atoms with Crippen LogP contribution >= 0.6 is 0 Å². The summed E-state index contributed by atoms with van der Waals surface area (Å²) >= 11 is 0. The van der Waals surface area contributed by atoms with E-state index in [1.54, 1.807) is 0 Å². The van der Waals surface area contributed by atoms with E-state index in [1.807, 2.05) is 31.2 Å². The molecule has 0 heterocycles. The third-order valence-electron chi connectivity index (χ3n) is 3.86. The molecular formula is C20H30O4. The number of unbranched alkanes of at least 4 members (excludes halogenated alkanes) is 5. The Morgan fingerprint density at radius 3 is 2.12 bits per heavy atom. The van der Waals surface area contributed by atoms with E-state index in [9.17, 15) is 9.59 Å². The molecule has 4 heteroatoms. The summed E-state index contributed by atoms with van der Waals surface area (Å²) in [4.78, 5) is 23.0. The van der Waals surface area contributed by atoms with E-state index >= 15 is 0 Å². The van der Waals surface area contributed by atoms with Crippen molar-refractivity contribution in [2.24, 2.45) is 0 Å². The lowest BCUT2D eigenvalue weighted by Gasteiger charge is -2.06. The molecule has 1 rings (SSSR count). The number of carbonyl (C=O) groups excluding carboxylic acids is 2. The van der Waals surface area contributed by atoms with Gasteiger partial charge in [-0.2, -0.15) is 0 Å². The molecule has 1 aromatic carbocycles. The summed E-state index contributed by atoms with van der Waals surface area (Å²) in [5.74, 6) is 0.372. The average molecular weight is 334 g/mol. The lowest BCUT2D eigenvalue weighted by atomic mass is 10.1. The summed E-state index contributed by atoms with van der Waals surface area (Å²) in [7, 11) is 0. The van der Waals surface area contributed by atoms with Crippen LogP contribution in [0.4, 0.5) is 0 Å². The van der Waals surface area contributed by atoms with Crippen molar-refractivity contribution in [3.63, 3.8) is 0 Å². The van der Waals surface area contributed by atoms with E-state index in [4.69, 9.17) is 9.47 Å². The van der Waals surface area contributed by atoms with Gasteiger partial charge in [-0.15, -0.1) is 0 Å². The predicted molar refractivity (Wildman–Crippen MR) is 95.0 cm³/mol. The minimum Gasteiger partial charge on any atom is -0.466 e. The normalized spacial score (nSPS) is 10.4. The summed E-state index contributed by atoms with van der Waals surface area (Å²) in [6.07, 6.45) is 7.86. The van der Waals surface area contributed by atoms with Gasteiger partial charge in [-0.05, 0) is 43.9 Å². The van der Waals surface area contributed by atoms with Crippen LogP contribution in [0.1, 0.15) is 70.8 Å². The molecule has 0 radical (unpaired) electrons. The standard InChI is InChI=1S/C20H30O4/c1-3-17-12-11-13-18(16-17)24-20(22)15-10-8-6-5-7-9-14-19(21)23-4-2/h11-13,16H,3-10,14-15H2,1-2H3.